The molecule has 0 spiro atoms. The van der Waals surface area contributed by atoms with Gasteiger partial charge in [0.2, 0.25) is 5.88 Å². The fraction of sp³-hybridized carbons (Fsp3) is 0.400. The molecule has 0 fully saturated rings. The van der Waals surface area contributed by atoms with Gasteiger partial charge in [-0.05, 0) is 31.0 Å². The number of aromatic nitrogens is 3. The van der Waals surface area contributed by atoms with E-state index in [0.717, 1.165) is 25.1 Å². The molecule has 0 bridgehead atoms. The van der Waals surface area contributed by atoms with E-state index < -0.39 is 0 Å². The van der Waals surface area contributed by atoms with Crippen LogP contribution in [0.25, 0.3) is 0 Å². The Morgan fingerprint density at radius 3 is 2.95 bits per heavy atom. The molecule has 0 aliphatic carbocycles. The van der Waals surface area contributed by atoms with Crippen molar-refractivity contribution in [1.29, 1.82) is 0 Å². The average molecular weight is 272 g/mol. The Labute approximate surface area is 119 Å². The first-order chi connectivity index (χ1) is 9.83. The molecular formula is C15H20N4O. The van der Waals surface area contributed by atoms with E-state index in [0.29, 0.717) is 5.88 Å². The predicted octanol–water partition coefficient (Wildman–Crippen LogP) is 2.16. The second-order valence-corrected chi connectivity index (χ2v) is 4.56. The highest BCUT2D eigenvalue weighted by molar-refractivity contribution is 5.20. The van der Waals surface area contributed by atoms with Crippen LogP contribution in [0.2, 0.25) is 0 Å². The van der Waals surface area contributed by atoms with Crippen molar-refractivity contribution in [3.05, 3.63) is 48.2 Å². The summed E-state index contributed by atoms with van der Waals surface area (Å²) in [6, 6.07) is 6.04. The van der Waals surface area contributed by atoms with E-state index in [-0.39, 0.29) is 6.04 Å². The van der Waals surface area contributed by atoms with Crippen molar-refractivity contribution in [3.8, 4) is 5.88 Å². The highest BCUT2D eigenvalue weighted by Gasteiger charge is 2.14. The van der Waals surface area contributed by atoms with Gasteiger partial charge in [-0.15, -0.1) is 0 Å². The maximum absolute atomic E-state index is 5.17. The quantitative estimate of drug-likeness (QED) is 0.837. The van der Waals surface area contributed by atoms with Crippen LogP contribution >= 0.6 is 0 Å². The SMILES string of the molecule is CCCNC(Cc1cccnc1)c1cc(OC)ncn1. The molecule has 1 atom stereocenters. The monoisotopic (exact) mass is 272 g/mol. The molecule has 106 valence electrons. The van der Waals surface area contributed by atoms with Crippen molar-refractivity contribution < 1.29 is 4.74 Å². The third kappa shape index (κ3) is 3.99. The zero-order valence-electron chi connectivity index (χ0n) is 11.9. The molecule has 0 radical (unpaired) electrons. The van der Waals surface area contributed by atoms with Gasteiger partial charge in [-0.2, -0.15) is 0 Å². The van der Waals surface area contributed by atoms with Gasteiger partial charge in [0.05, 0.1) is 18.8 Å². The van der Waals surface area contributed by atoms with Crippen LogP contribution in [0.5, 0.6) is 5.88 Å². The maximum Gasteiger partial charge on any atom is 0.216 e. The van der Waals surface area contributed by atoms with Crippen molar-refractivity contribution in [2.75, 3.05) is 13.7 Å². The van der Waals surface area contributed by atoms with Gasteiger partial charge in [-0.1, -0.05) is 13.0 Å². The number of hydrogen-bond donors (Lipinski definition) is 1. The zero-order chi connectivity index (χ0) is 14.2. The molecule has 0 aliphatic rings. The topological polar surface area (TPSA) is 59.9 Å². The second-order valence-electron chi connectivity index (χ2n) is 4.56. The van der Waals surface area contributed by atoms with E-state index in [9.17, 15) is 0 Å². The smallest absolute Gasteiger partial charge is 0.216 e. The van der Waals surface area contributed by atoms with Gasteiger partial charge in [0.15, 0.2) is 0 Å². The Balaban J connectivity index is 2.17. The normalized spacial score (nSPS) is 12.1. The zero-order valence-corrected chi connectivity index (χ0v) is 11.9. The van der Waals surface area contributed by atoms with Crippen molar-refractivity contribution >= 4 is 0 Å². The largest absolute Gasteiger partial charge is 0.481 e. The summed E-state index contributed by atoms with van der Waals surface area (Å²) in [6.45, 7) is 3.09. The molecule has 2 aromatic rings. The van der Waals surface area contributed by atoms with Gasteiger partial charge in [-0.25, -0.2) is 9.97 Å². The summed E-state index contributed by atoms with van der Waals surface area (Å²) in [4.78, 5) is 12.6. The third-order valence-electron chi connectivity index (χ3n) is 3.03. The Hall–Kier alpha value is -2.01. The number of nitrogens with one attached hydrogen (secondary N) is 1. The molecule has 0 amide bonds. The Morgan fingerprint density at radius 2 is 2.25 bits per heavy atom. The fourth-order valence-corrected chi connectivity index (χ4v) is 2.01. The summed E-state index contributed by atoms with van der Waals surface area (Å²) in [5.74, 6) is 0.587. The molecule has 5 nitrogen and oxygen atoms in total. The molecule has 1 N–H and O–H groups in total. The number of pyridine rings is 1. The van der Waals surface area contributed by atoms with Crippen molar-refractivity contribution in [1.82, 2.24) is 20.3 Å². The minimum absolute atomic E-state index is 0.135. The molecule has 0 aromatic carbocycles. The molecule has 1 unspecified atom stereocenters. The Morgan fingerprint density at radius 1 is 1.35 bits per heavy atom. The van der Waals surface area contributed by atoms with Crippen LogP contribution in [-0.4, -0.2) is 28.6 Å². The van der Waals surface area contributed by atoms with Gasteiger partial charge >= 0.3 is 0 Å². The van der Waals surface area contributed by atoms with E-state index in [1.807, 2.05) is 18.3 Å². The molecule has 0 saturated heterocycles. The number of ether oxygens (including phenoxy) is 1. The molecule has 0 aliphatic heterocycles. The molecule has 5 heteroatoms. The number of nitrogens with zero attached hydrogens (tertiary/aromatic N) is 3. The number of methoxy groups -OCH3 is 1. The number of rotatable bonds is 7. The van der Waals surface area contributed by atoms with Gasteiger partial charge in [0, 0.05) is 18.5 Å². The van der Waals surface area contributed by atoms with E-state index in [1.165, 1.54) is 11.9 Å². The molecule has 2 aromatic heterocycles. The van der Waals surface area contributed by atoms with Crippen LogP contribution in [0.4, 0.5) is 0 Å². The average Bonchev–Trinajstić information content (AvgIpc) is 2.52. The van der Waals surface area contributed by atoms with Crippen molar-refractivity contribution in [2.24, 2.45) is 0 Å². The van der Waals surface area contributed by atoms with E-state index in [1.54, 1.807) is 13.3 Å². The highest BCUT2D eigenvalue weighted by atomic mass is 16.5. The first-order valence-electron chi connectivity index (χ1n) is 6.81. The van der Waals surface area contributed by atoms with Crippen LogP contribution in [0, 0.1) is 0 Å². The summed E-state index contributed by atoms with van der Waals surface area (Å²) in [5.41, 5.74) is 2.12. The summed E-state index contributed by atoms with van der Waals surface area (Å²) in [6.07, 6.45) is 7.13. The van der Waals surface area contributed by atoms with Crippen LogP contribution in [0.1, 0.15) is 30.6 Å². The summed E-state index contributed by atoms with van der Waals surface area (Å²) in [5, 5.41) is 3.51. The lowest BCUT2D eigenvalue weighted by Crippen LogP contribution is -2.25. The second kappa shape index (κ2) is 7.55. The molecule has 2 heterocycles. The minimum atomic E-state index is 0.135. The Bertz CT molecular complexity index is 518. The molecule has 20 heavy (non-hydrogen) atoms. The maximum atomic E-state index is 5.17. The Kier molecular flexibility index (Phi) is 5.43. The van der Waals surface area contributed by atoms with Crippen LogP contribution in [-0.2, 0) is 6.42 Å². The lowest BCUT2D eigenvalue weighted by Gasteiger charge is -2.18. The first kappa shape index (κ1) is 14.4. The third-order valence-corrected chi connectivity index (χ3v) is 3.03. The van der Waals surface area contributed by atoms with Gasteiger partial charge in [0.1, 0.15) is 6.33 Å². The standard InChI is InChI=1S/C15H20N4O/c1-3-6-17-13(8-12-5-4-7-16-10-12)14-9-15(20-2)19-11-18-14/h4-5,7,9-11,13,17H,3,6,8H2,1-2H3. The van der Waals surface area contributed by atoms with Crippen LogP contribution in [0.3, 0.4) is 0 Å². The van der Waals surface area contributed by atoms with Crippen LogP contribution < -0.4 is 10.1 Å². The van der Waals surface area contributed by atoms with Crippen molar-refractivity contribution in [3.63, 3.8) is 0 Å². The van der Waals surface area contributed by atoms with E-state index >= 15 is 0 Å². The van der Waals surface area contributed by atoms with E-state index in [2.05, 4.69) is 33.3 Å². The highest BCUT2D eigenvalue weighted by Crippen LogP contribution is 2.18. The molecular weight excluding hydrogens is 252 g/mol. The van der Waals surface area contributed by atoms with E-state index in [4.69, 9.17) is 4.74 Å². The summed E-state index contributed by atoms with van der Waals surface area (Å²) >= 11 is 0. The lowest BCUT2D eigenvalue weighted by molar-refractivity contribution is 0.393. The predicted molar refractivity (Wildman–Crippen MR) is 77.6 cm³/mol. The minimum Gasteiger partial charge on any atom is -0.481 e. The summed E-state index contributed by atoms with van der Waals surface area (Å²) < 4.78 is 5.17. The fourth-order valence-electron chi connectivity index (χ4n) is 2.01. The van der Waals surface area contributed by atoms with Gasteiger partial charge in [-0.3, -0.25) is 4.98 Å². The summed E-state index contributed by atoms with van der Waals surface area (Å²) in [7, 11) is 1.61. The van der Waals surface area contributed by atoms with Crippen molar-refractivity contribution in [2.45, 2.75) is 25.8 Å². The van der Waals surface area contributed by atoms with Gasteiger partial charge < -0.3 is 10.1 Å². The van der Waals surface area contributed by atoms with Gasteiger partial charge in [0.25, 0.3) is 0 Å². The number of hydrogen-bond acceptors (Lipinski definition) is 5. The molecule has 0 saturated carbocycles. The lowest BCUT2D eigenvalue weighted by atomic mass is 10.0. The van der Waals surface area contributed by atoms with Crippen LogP contribution in [0.15, 0.2) is 36.9 Å². The molecule has 2 rings (SSSR count). The first-order valence-corrected chi connectivity index (χ1v) is 6.81.